The molecule has 0 bridgehead atoms. The normalized spacial score (nSPS) is 31.8. The molecule has 2 saturated heterocycles. The highest BCUT2D eigenvalue weighted by molar-refractivity contribution is 6.45. The summed E-state index contributed by atoms with van der Waals surface area (Å²) in [6, 6.07) is 0. The third-order valence-electron chi connectivity index (χ3n) is 5.66. The number of carbonyl (C=O) groups excluding carboxylic acids is 1. The van der Waals surface area contributed by atoms with Crippen molar-refractivity contribution < 1.29 is 18.8 Å². The summed E-state index contributed by atoms with van der Waals surface area (Å²) in [4.78, 5) is 12.7. The van der Waals surface area contributed by atoms with Gasteiger partial charge in [0.1, 0.15) is 0 Å². The average Bonchev–Trinajstić information content (AvgIpc) is 2.63. The van der Waals surface area contributed by atoms with Crippen molar-refractivity contribution in [1.29, 1.82) is 0 Å². The molecule has 2 atom stereocenters. The van der Waals surface area contributed by atoms with Crippen LogP contribution in [-0.4, -0.2) is 43.0 Å². The summed E-state index contributed by atoms with van der Waals surface area (Å²) >= 11 is 0. The molecule has 144 valence electrons. The Morgan fingerprint density at radius 2 is 1.68 bits per heavy atom. The lowest BCUT2D eigenvalue weighted by Crippen LogP contribution is -2.52. The van der Waals surface area contributed by atoms with Crippen molar-refractivity contribution in [3.8, 4) is 0 Å². The van der Waals surface area contributed by atoms with E-state index in [1.54, 1.807) is 0 Å². The molecule has 0 saturated carbocycles. The zero-order chi connectivity index (χ0) is 19.1. The second-order valence-corrected chi connectivity index (χ2v) is 10.1. The molecule has 1 amide bonds. The van der Waals surface area contributed by atoms with Gasteiger partial charge in [-0.1, -0.05) is 0 Å². The van der Waals surface area contributed by atoms with E-state index >= 15 is 0 Å². The molecule has 6 heteroatoms. The van der Waals surface area contributed by atoms with Gasteiger partial charge in [-0.2, -0.15) is 0 Å². The Balaban J connectivity index is 1.89. The van der Waals surface area contributed by atoms with Gasteiger partial charge in [0.2, 0.25) is 5.91 Å². The summed E-state index contributed by atoms with van der Waals surface area (Å²) in [6.07, 6.45) is 2.61. The summed E-state index contributed by atoms with van der Waals surface area (Å²) in [5.74, 6) is 0.434. The van der Waals surface area contributed by atoms with Gasteiger partial charge in [0.05, 0.1) is 23.2 Å². The van der Waals surface area contributed by atoms with Gasteiger partial charge in [-0.05, 0) is 80.5 Å². The molecule has 25 heavy (non-hydrogen) atoms. The Kier molecular flexibility index (Phi) is 5.69. The van der Waals surface area contributed by atoms with E-state index < -0.39 is 5.41 Å². The smallest absolute Gasteiger partial charge is 0.403 e. The van der Waals surface area contributed by atoms with Crippen LogP contribution in [0, 0.1) is 11.3 Å². The highest BCUT2D eigenvalue weighted by atomic mass is 16.7. The van der Waals surface area contributed by atoms with Crippen molar-refractivity contribution in [2.24, 2.45) is 11.3 Å². The number of carbonyl (C=O) groups is 1. The summed E-state index contributed by atoms with van der Waals surface area (Å²) < 4.78 is 17.9. The van der Waals surface area contributed by atoms with Gasteiger partial charge in [0.25, 0.3) is 0 Å². The van der Waals surface area contributed by atoms with Gasteiger partial charge in [-0.3, -0.25) is 4.79 Å². The van der Waals surface area contributed by atoms with Crippen molar-refractivity contribution in [3.05, 3.63) is 0 Å². The summed E-state index contributed by atoms with van der Waals surface area (Å²) in [5.41, 5.74) is -1.27. The van der Waals surface area contributed by atoms with Crippen LogP contribution >= 0.6 is 0 Å². The van der Waals surface area contributed by atoms with Crippen LogP contribution < -0.4 is 5.32 Å². The maximum absolute atomic E-state index is 12.7. The van der Waals surface area contributed by atoms with Crippen molar-refractivity contribution in [2.45, 2.75) is 91.3 Å². The van der Waals surface area contributed by atoms with Crippen molar-refractivity contribution >= 4 is 13.0 Å². The van der Waals surface area contributed by atoms with Crippen LogP contribution in [0.3, 0.4) is 0 Å². The number of ether oxygens (including phenoxy) is 1. The first-order chi connectivity index (χ1) is 11.2. The molecule has 0 radical (unpaired) electrons. The van der Waals surface area contributed by atoms with E-state index in [4.69, 9.17) is 14.0 Å². The largest absolute Gasteiger partial charge is 0.457 e. The van der Waals surface area contributed by atoms with E-state index in [1.165, 1.54) is 0 Å². The van der Waals surface area contributed by atoms with E-state index in [-0.39, 0.29) is 29.8 Å². The van der Waals surface area contributed by atoms with E-state index in [9.17, 15) is 4.79 Å². The lowest BCUT2D eigenvalue weighted by atomic mass is 9.73. The Labute approximate surface area is 153 Å². The Morgan fingerprint density at radius 3 is 2.20 bits per heavy atom. The van der Waals surface area contributed by atoms with Crippen LogP contribution in [0.15, 0.2) is 0 Å². The van der Waals surface area contributed by atoms with Crippen molar-refractivity contribution in [2.75, 3.05) is 13.2 Å². The molecule has 0 aromatic heterocycles. The molecule has 0 aromatic carbocycles. The van der Waals surface area contributed by atoms with Crippen molar-refractivity contribution in [1.82, 2.24) is 5.32 Å². The van der Waals surface area contributed by atoms with Crippen LogP contribution in [0.25, 0.3) is 0 Å². The summed E-state index contributed by atoms with van der Waals surface area (Å²) in [6.45, 7) is 17.5. The van der Waals surface area contributed by atoms with Gasteiger partial charge >= 0.3 is 7.12 Å². The Bertz CT molecular complexity index is 484. The predicted molar refractivity (Wildman–Crippen MR) is 100 cm³/mol. The zero-order valence-corrected chi connectivity index (χ0v) is 17.3. The van der Waals surface area contributed by atoms with E-state index in [0.717, 1.165) is 19.2 Å². The Morgan fingerprint density at radius 1 is 1.12 bits per heavy atom. The third-order valence-corrected chi connectivity index (χ3v) is 5.66. The summed E-state index contributed by atoms with van der Waals surface area (Å²) in [7, 11) is -0.179. The standard InChI is InChI=1S/C19H36BNO4/c1-16(2,3)21-15(22)19(8)11-14(12-23-13-19)9-10-20-24-17(4,5)18(6,7)25-20/h14H,9-13H2,1-8H3,(H,21,22)/t14-,19+/m1/s1. The van der Waals surface area contributed by atoms with Gasteiger partial charge < -0.3 is 19.4 Å². The first-order valence-electron chi connectivity index (χ1n) is 9.50. The fourth-order valence-corrected chi connectivity index (χ4v) is 3.50. The Hall–Kier alpha value is -0.585. The molecule has 2 heterocycles. The molecule has 2 rings (SSSR count). The van der Waals surface area contributed by atoms with Crippen LogP contribution in [0.2, 0.25) is 6.32 Å². The average molecular weight is 353 g/mol. The molecule has 2 aliphatic rings. The fraction of sp³-hybridized carbons (Fsp3) is 0.947. The first-order valence-corrected chi connectivity index (χ1v) is 9.50. The molecule has 1 N–H and O–H groups in total. The predicted octanol–water partition coefficient (Wildman–Crippen LogP) is 3.43. The molecule has 0 aliphatic carbocycles. The zero-order valence-electron chi connectivity index (χ0n) is 17.3. The quantitative estimate of drug-likeness (QED) is 0.787. The lowest BCUT2D eigenvalue weighted by molar-refractivity contribution is -0.142. The van der Waals surface area contributed by atoms with Crippen molar-refractivity contribution in [3.63, 3.8) is 0 Å². The van der Waals surface area contributed by atoms with E-state index in [1.807, 2.05) is 27.7 Å². The van der Waals surface area contributed by atoms with Crippen LogP contribution in [0.5, 0.6) is 0 Å². The van der Waals surface area contributed by atoms with Gasteiger partial charge in [-0.25, -0.2) is 0 Å². The molecule has 2 fully saturated rings. The number of nitrogens with one attached hydrogen (secondary N) is 1. The first kappa shape index (κ1) is 20.7. The molecular weight excluding hydrogens is 317 g/mol. The van der Waals surface area contributed by atoms with Gasteiger partial charge in [0.15, 0.2) is 0 Å². The minimum atomic E-state index is -0.466. The van der Waals surface area contributed by atoms with Crippen LogP contribution in [0.4, 0.5) is 0 Å². The van der Waals surface area contributed by atoms with Crippen LogP contribution in [0.1, 0.15) is 68.2 Å². The third kappa shape index (κ3) is 4.98. The summed E-state index contributed by atoms with van der Waals surface area (Å²) in [5, 5.41) is 3.10. The number of hydrogen-bond donors (Lipinski definition) is 1. The minimum Gasteiger partial charge on any atom is -0.403 e. The monoisotopic (exact) mass is 353 g/mol. The topological polar surface area (TPSA) is 56.8 Å². The molecule has 0 aromatic rings. The minimum absolute atomic E-state index is 0.0836. The highest BCUT2D eigenvalue weighted by Gasteiger charge is 2.51. The SMILES string of the molecule is CC(C)(C)NC(=O)[C@]1(C)COC[C@H](CCB2OC(C)(C)C(C)(C)O2)C1. The molecule has 2 aliphatic heterocycles. The second-order valence-electron chi connectivity index (χ2n) is 10.1. The lowest BCUT2D eigenvalue weighted by Gasteiger charge is -2.38. The molecule has 0 spiro atoms. The maximum atomic E-state index is 12.7. The fourth-order valence-electron chi connectivity index (χ4n) is 3.50. The number of hydrogen-bond acceptors (Lipinski definition) is 4. The van der Waals surface area contributed by atoms with Gasteiger partial charge in [0, 0.05) is 12.1 Å². The maximum Gasteiger partial charge on any atom is 0.457 e. The van der Waals surface area contributed by atoms with E-state index in [2.05, 4.69) is 33.0 Å². The highest BCUT2D eigenvalue weighted by Crippen LogP contribution is 2.40. The number of rotatable bonds is 4. The second kappa shape index (κ2) is 6.86. The molecule has 5 nitrogen and oxygen atoms in total. The van der Waals surface area contributed by atoms with Crippen LogP contribution in [-0.2, 0) is 18.8 Å². The molecular formula is C19H36BNO4. The van der Waals surface area contributed by atoms with Gasteiger partial charge in [-0.15, -0.1) is 0 Å². The number of amides is 1. The van der Waals surface area contributed by atoms with E-state index in [0.29, 0.717) is 19.1 Å². The molecule has 0 unspecified atom stereocenters.